The summed E-state index contributed by atoms with van der Waals surface area (Å²) in [5.74, 6) is -1.43. The van der Waals surface area contributed by atoms with Crippen molar-refractivity contribution in [2.24, 2.45) is 0 Å². The predicted molar refractivity (Wildman–Crippen MR) is 42.7 cm³/mol. The third kappa shape index (κ3) is 1.44. The van der Waals surface area contributed by atoms with E-state index in [1.54, 1.807) is 0 Å². The number of nitrogens with one attached hydrogen (secondary N) is 1. The Morgan fingerprint density at radius 2 is 2.17 bits per heavy atom. The van der Waals surface area contributed by atoms with Gasteiger partial charge in [0.25, 0.3) is 0 Å². The first kappa shape index (κ1) is 9.47. The van der Waals surface area contributed by atoms with Gasteiger partial charge in [-0.15, -0.1) is 0 Å². The van der Waals surface area contributed by atoms with E-state index in [4.69, 9.17) is 5.11 Å². The average molecular weight is 193 g/mol. The van der Waals surface area contributed by atoms with Crippen LogP contribution in [0.3, 0.4) is 0 Å². The highest BCUT2D eigenvalue weighted by atomic mass is 32.2. The Kier molecular flexibility index (Phi) is 2.13. The van der Waals surface area contributed by atoms with E-state index >= 15 is 0 Å². The lowest BCUT2D eigenvalue weighted by atomic mass is 10.0. The summed E-state index contributed by atoms with van der Waals surface area (Å²) in [6.07, 6.45) is 0.154. The number of carboxylic acids is 1. The molecule has 1 aliphatic rings. The smallest absolute Gasteiger partial charge is 0.324 e. The second-order valence-corrected chi connectivity index (χ2v) is 5.16. The molecule has 6 heteroatoms. The molecule has 1 atom stereocenters. The van der Waals surface area contributed by atoms with Crippen LogP contribution in [0, 0.1) is 0 Å². The minimum absolute atomic E-state index is 0.0415. The van der Waals surface area contributed by atoms with Crippen LogP contribution in [0.25, 0.3) is 0 Å². The Morgan fingerprint density at radius 1 is 1.58 bits per heavy atom. The van der Waals surface area contributed by atoms with Crippen LogP contribution in [0.4, 0.5) is 0 Å². The molecule has 70 valence electrons. The Labute approximate surface area is 70.7 Å². The number of sulfone groups is 1. The van der Waals surface area contributed by atoms with E-state index < -0.39 is 21.3 Å². The van der Waals surface area contributed by atoms with Crippen LogP contribution in [-0.2, 0) is 14.6 Å². The molecule has 0 bridgehead atoms. The number of aliphatic carboxylic acids is 1. The predicted octanol–water partition coefficient (Wildman–Crippen LogP) is -1.15. The van der Waals surface area contributed by atoms with Crippen molar-refractivity contribution in [3.05, 3.63) is 0 Å². The maximum absolute atomic E-state index is 11.0. The molecule has 1 aliphatic heterocycles. The molecule has 0 amide bonds. The fraction of sp³-hybridized carbons (Fsp3) is 0.833. The van der Waals surface area contributed by atoms with Crippen molar-refractivity contribution < 1.29 is 18.3 Å². The van der Waals surface area contributed by atoms with Crippen LogP contribution in [0.2, 0.25) is 0 Å². The van der Waals surface area contributed by atoms with Crippen molar-refractivity contribution in [2.75, 3.05) is 18.6 Å². The second kappa shape index (κ2) is 2.70. The van der Waals surface area contributed by atoms with Crippen molar-refractivity contribution in [2.45, 2.75) is 12.0 Å². The number of carbonyl (C=O) groups is 1. The fourth-order valence-electron chi connectivity index (χ4n) is 1.32. The average Bonchev–Trinajstić information content (AvgIpc) is 2.27. The summed E-state index contributed by atoms with van der Waals surface area (Å²) < 4.78 is 22.0. The first-order chi connectivity index (χ1) is 5.42. The Morgan fingerprint density at radius 3 is 2.33 bits per heavy atom. The SMILES string of the molecule is CNC1(C(=O)O)CCS(=O)(=O)C1. The normalized spacial score (nSPS) is 33.4. The molecule has 0 radical (unpaired) electrons. The number of rotatable bonds is 2. The molecule has 5 nitrogen and oxygen atoms in total. The summed E-state index contributed by atoms with van der Waals surface area (Å²) in [5, 5.41) is 11.3. The van der Waals surface area contributed by atoms with Gasteiger partial charge in [-0.25, -0.2) is 8.42 Å². The number of likely N-dealkylation sites (N-methyl/N-ethyl adjacent to an activating group) is 1. The zero-order chi connectivity index (χ0) is 9.41. The van der Waals surface area contributed by atoms with Crippen molar-refractivity contribution in [1.82, 2.24) is 5.32 Å². The van der Waals surface area contributed by atoms with Gasteiger partial charge in [0.15, 0.2) is 9.84 Å². The molecule has 1 saturated heterocycles. The lowest BCUT2D eigenvalue weighted by molar-refractivity contribution is -0.143. The van der Waals surface area contributed by atoms with E-state index in [1.807, 2.05) is 0 Å². The summed E-state index contributed by atoms with van der Waals surface area (Å²) in [7, 11) is -1.69. The molecule has 0 aromatic carbocycles. The number of hydrogen-bond acceptors (Lipinski definition) is 4. The highest BCUT2D eigenvalue weighted by Gasteiger charge is 2.47. The first-order valence-corrected chi connectivity index (χ1v) is 5.37. The molecule has 0 spiro atoms. The summed E-state index contributed by atoms with van der Waals surface area (Å²) in [6, 6.07) is 0. The minimum atomic E-state index is -3.15. The summed E-state index contributed by atoms with van der Waals surface area (Å²) in [4.78, 5) is 10.7. The molecule has 12 heavy (non-hydrogen) atoms. The van der Waals surface area contributed by atoms with Gasteiger partial charge in [0.05, 0.1) is 11.5 Å². The van der Waals surface area contributed by atoms with E-state index in [0.29, 0.717) is 0 Å². The van der Waals surface area contributed by atoms with E-state index in [-0.39, 0.29) is 17.9 Å². The molecule has 1 rings (SSSR count). The molecular weight excluding hydrogens is 182 g/mol. The zero-order valence-corrected chi connectivity index (χ0v) is 7.52. The number of hydrogen-bond donors (Lipinski definition) is 2. The van der Waals surface area contributed by atoms with Gasteiger partial charge < -0.3 is 10.4 Å². The van der Waals surface area contributed by atoms with Gasteiger partial charge in [-0.1, -0.05) is 0 Å². The van der Waals surface area contributed by atoms with Gasteiger partial charge in [0.1, 0.15) is 5.54 Å². The number of carboxylic acid groups (broad SMARTS) is 1. The summed E-state index contributed by atoms with van der Waals surface area (Å²) >= 11 is 0. The van der Waals surface area contributed by atoms with Gasteiger partial charge in [0, 0.05) is 0 Å². The largest absolute Gasteiger partial charge is 0.480 e. The lowest BCUT2D eigenvalue weighted by Crippen LogP contribution is -2.51. The second-order valence-electron chi connectivity index (χ2n) is 2.98. The highest BCUT2D eigenvalue weighted by molar-refractivity contribution is 7.91. The van der Waals surface area contributed by atoms with Gasteiger partial charge >= 0.3 is 5.97 Å². The van der Waals surface area contributed by atoms with Gasteiger partial charge in [-0.2, -0.15) is 0 Å². The molecule has 0 saturated carbocycles. The molecule has 1 heterocycles. The van der Waals surface area contributed by atoms with Gasteiger partial charge in [-0.3, -0.25) is 4.79 Å². The Bertz CT molecular complexity index is 297. The fourth-order valence-corrected chi connectivity index (χ4v) is 3.29. The summed E-state index contributed by atoms with van der Waals surface area (Å²) in [5.41, 5.74) is -1.25. The van der Waals surface area contributed by atoms with Crippen LogP contribution in [0.1, 0.15) is 6.42 Å². The van der Waals surface area contributed by atoms with Crippen LogP contribution in [0.15, 0.2) is 0 Å². The standard InChI is InChI=1S/C6H11NO4S/c1-7-6(5(8)9)2-3-12(10,11)4-6/h7H,2-4H2,1H3,(H,8,9). The van der Waals surface area contributed by atoms with E-state index in [0.717, 1.165) is 0 Å². The van der Waals surface area contributed by atoms with Gasteiger partial charge in [-0.05, 0) is 13.5 Å². The van der Waals surface area contributed by atoms with Gasteiger partial charge in [0.2, 0.25) is 0 Å². The minimum Gasteiger partial charge on any atom is -0.480 e. The van der Waals surface area contributed by atoms with E-state index in [9.17, 15) is 13.2 Å². The maximum Gasteiger partial charge on any atom is 0.324 e. The maximum atomic E-state index is 11.0. The first-order valence-electron chi connectivity index (χ1n) is 3.55. The van der Waals surface area contributed by atoms with Crippen LogP contribution in [-0.4, -0.2) is 43.6 Å². The van der Waals surface area contributed by atoms with Crippen LogP contribution < -0.4 is 5.32 Å². The van der Waals surface area contributed by atoms with Crippen molar-refractivity contribution >= 4 is 15.8 Å². The third-order valence-electron chi connectivity index (χ3n) is 2.19. The molecule has 1 unspecified atom stereocenters. The monoisotopic (exact) mass is 193 g/mol. The molecule has 1 fully saturated rings. The molecule has 0 aromatic heterocycles. The van der Waals surface area contributed by atoms with Crippen molar-refractivity contribution in [3.8, 4) is 0 Å². The Hall–Kier alpha value is -0.620. The highest BCUT2D eigenvalue weighted by Crippen LogP contribution is 2.23. The summed E-state index contributed by atoms with van der Waals surface area (Å²) in [6.45, 7) is 0. The van der Waals surface area contributed by atoms with Crippen LogP contribution in [0.5, 0.6) is 0 Å². The molecular formula is C6H11NO4S. The quantitative estimate of drug-likeness (QED) is 0.578. The van der Waals surface area contributed by atoms with Crippen molar-refractivity contribution in [3.63, 3.8) is 0 Å². The zero-order valence-electron chi connectivity index (χ0n) is 6.70. The molecule has 2 N–H and O–H groups in total. The van der Waals surface area contributed by atoms with E-state index in [2.05, 4.69) is 5.32 Å². The van der Waals surface area contributed by atoms with Crippen molar-refractivity contribution in [1.29, 1.82) is 0 Å². The lowest BCUT2D eigenvalue weighted by Gasteiger charge is -2.20. The molecule has 0 aliphatic carbocycles. The topological polar surface area (TPSA) is 83.5 Å². The molecule has 0 aromatic rings. The Balaban J connectivity index is 2.95. The third-order valence-corrected chi connectivity index (χ3v) is 3.95. The van der Waals surface area contributed by atoms with E-state index in [1.165, 1.54) is 7.05 Å². The van der Waals surface area contributed by atoms with Crippen LogP contribution >= 0.6 is 0 Å².